The van der Waals surface area contributed by atoms with E-state index >= 15 is 0 Å². The zero-order valence-electron chi connectivity index (χ0n) is 13.2. The van der Waals surface area contributed by atoms with Crippen LogP contribution in [-0.4, -0.2) is 47.7 Å². The van der Waals surface area contributed by atoms with Crippen molar-refractivity contribution in [3.63, 3.8) is 0 Å². The van der Waals surface area contributed by atoms with Crippen molar-refractivity contribution in [2.75, 3.05) is 19.9 Å². The minimum absolute atomic E-state index is 0.0552. The van der Waals surface area contributed by atoms with Crippen molar-refractivity contribution in [1.29, 1.82) is 0 Å². The fourth-order valence-electron chi connectivity index (χ4n) is 3.31. The van der Waals surface area contributed by atoms with Gasteiger partial charge >= 0.3 is 5.97 Å². The van der Waals surface area contributed by atoms with Gasteiger partial charge in [0.15, 0.2) is 17.3 Å². The van der Waals surface area contributed by atoms with Gasteiger partial charge < -0.3 is 14.6 Å². The minimum Gasteiger partial charge on any atom is -0.481 e. The molecule has 1 saturated heterocycles. The van der Waals surface area contributed by atoms with Gasteiger partial charge in [0.1, 0.15) is 0 Å². The normalized spacial score (nSPS) is 19.5. The van der Waals surface area contributed by atoms with Crippen LogP contribution in [0.3, 0.4) is 0 Å². The van der Waals surface area contributed by atoms with Crippen LogP contribution in [0.25, 0.3) is 0 Å². The summed E-state index contributed by atoms with van der Waals surface area (Å²) in [5.41, 5.74) is 0.612. The van der Waals surface area contributed by atoms with Crippen LogP contribution in [0.1, 0.15) is 36.5 Å². The molecule has 2 heterocycles. The highest BCUT2D eigenvalue weighted by Gasteiger charge is 2.32. The van der Waals surface area contributed by atoms with Gasteiger partial charge in [0.2, 0.25) is 6.79 Å². The highest BCUT2D eigenvalue weighted by atomic mass is 16.7. The number of aliphatic carboxylic acids is 1. The van der Waals surface area contributed by atoms with Crippen LogP contribution in [-0.2, 0) is 4.79 Å². The van der Waals surface area contributed by atoms with Crippen LogP contribution in [0.4, 0.5) is 0 Å². The Hall–Kier alpha value is -2.08. The predicted octanol–water partition coefficient (Wildman–Crippen LogP) is 2.17. The molecule has 1 N–H and O–H groups in total. The molecule has 0 saturated carbocycles. The monoisotopic (exact) mass is 319 g/mol. The number of nitrogens with zero attached hydrogens (tertiary/aromatic N) is 1. The summed E-state index contributed by atoms with van der Waals surface area (Å²) in [5.74, 6) is 0.302. The lowest BCUT2D eigenvalue weighted by Crippen LogP contribution is -2.46. The molecule has 2 aliphatic rings. The van der Waals surface area contributed by atoms with Crippen molar-refractivity contribution < 1.29 is 24.2 Å². The van der Waals surface area contributed by atoms with Crippen molar-refractivity contribution in [2.45, 2.75) is 32.2 Å². The van der Waals surface area contributed by atoms with Crippen LogP contribution >= 0.6 is 0 Å². The van der Waals surface area contributed by atoms with E-state index in [1.165, 1.54) is 0 Å². The first-order valence-electron chi connectivity index (χ1n) is 8.01. The molecule has 2 aliphatic heterocycles. The zero-order valence-corrected chi connectivity index (χ0v) is 13.2. The van der Waals surface area contributed by atoms with E-state index in [0.717, 1.165) is 0 Å². The molecule has 23 heavy (non-hydrogen) atoms. The van der Waals surface area contributed by atoms with Gasteiger partial charge in [-0.25, -0.2) is 0 Å². The van der Waals surface area contributed by atoms with E-state index in [4.69, 9.17) is 14.6 Å². The van der Waals surface area contributed by atoms with E-state index in [9.17, 15) is 9.59 Å². The summed E-state index contributed by atoms with van der Waals surface area (Å²) in [5, 5.41) is 9.09. The number of ketones is 1. The molecular formula is C17H21NO5. The first-order valence-corrected chi connectivity index (χ1v) is 8.01. The van der Waals surface area contributed by atoms with Crippen molar-refractivity contribution in [3.05, 3.63) is 23.8 Å². The van der Waals surface area contributed by atoms with Gasteiger partial charge in [0.05, 0.1) is 12.0 Å². The van der Waals surface area contributed by atoms with E-state index in [1.807, 2.05) is 6.92 Å². The summed E-state index contributed by atoms with van der Waals surface area (Å²) >= 11 is 0. The highest BCUT2D eigenvalue weighted by Crippen LogP contribution is 2.33. The number of hydrogen-bond donors (Lipinski definition) is 1. The van der Waals surface area contributed by atoms with Gasteiger partial charge in [-0.15, -0.1) is 0 Å². The number of carboxylic acids is 1. The smallest absolute Gasteiger partial charge is 0.306 e. The minimum atomic E-state index is -0.736. The zero-order chi connectivity index (χ0) is 16.4. The van der Waals surface area contributed by atoms with E-state index in [0.29, 0.717) is 49.4 Å². The molecule has 0 amide bonds. The topological polar surface area (TPSA) is 76.1 Å². The number of carbonyl (C=O) groups is 2. The molecule has 1 aromatic rings. The van der Waals surface area contributed by atoms with Crippen LogP contribution < -0.4 is 9.47 Å². The standard InChI is InChI=1S/C17H21NO5/c1-2-13(18-7-5-11(6-8-18)17(20)21)16(19)12-3-4-14-15(9-12)23-10-22-14/h3-4,9,11,13H,2,5-8,10H2,1H3,(H,20,21). The maximum atomic E-state index is 12.8. The Balaban J connectivity index is 1.71. The number of carboxylic acid groups (broad SMARTS) is 1. The number of carbonyl (C=O) groups excluding carboxylic acids is 1. The average molecular weight is 319 g/mol. The number of ether oxygens (including phenoxy) is 2. The molecule has 3 rings (SSSR count). The third-order valence-electron chi connectivity index (χ3n) is 4.67. The fourth-order valence-corrected chi connectivity index (χ4v) is 3.31. The quantitative estimate of drug-likeness (QED) is 0.838. The second-order valence-corrected chi connectivity index (χ2v) is 6.00. The largest absolute Gasteiger partial charge is 0.481 e. The summed E-state index contributed by atoms with van der Waals surface area (Å²) in [4.78, 5) is 26.0. The Morgan fingerprint density at radius 2 is 1.96 bits per heavy atom. The van der Waals surface area contributed by atoms with Crippen molar-refractivity contribution in [2.24, 2.45) is 5.92 Å². The van der Waals surface area contributed by atoms with Crippen molar-refractivity contribution in [1.82, 2.24) is 4.90 Å². The molecule has 6 nitrogen and oxygen atoms in total. The maximum absolute atomic E-state index is 12.8. The number of piperidine rings is 1. The van der Waals surface area contributed by atoms with E-state index in [1.54, 1.807) is 18.2 Å². The lowest BCUT2D eigenvalue weighted by molar-refractivity contribution is -0.143. The lowest BCUT2D eigenvalue weighted by Gasteiger charge is -2.35. The first-order chi connectivity index (χ1) is 11.1. The number of Topliss-reactive ketones (excluding diaryl/α,β-unsaturated/α-hetero) is 1. The molecule has 0 spiro atoms. The SMILES string of the molecule is CCC(C(=O)c1ccc2c(c1)OCO2)N1CCC(C(=O)O)CC1. The number of fused-ring (bicyclic) bond motifs is 1. The maximum Gasteiger partial charge on any atom is 0.306 e. The van der Waals surface area contributed by atoms with Crippen LogP contribution in [0.2, 0.25) is 0 Å². The Morgan fingerprint density at radius 3 is 2.61 bits per heavy atom. The van der Waals surface area contributed by atoms with E-state index in [-0.39, 0.29) is 24.5 Å². The molecule has 124 valence electrons. The number of hydrogen-bond acceptors (Lipinski definition) is 5. The molecule has 0 aliphatic carbocycles. The van der Waals surface area contributed by atoms with Crippen molar-refractivity contribution >= 4 is 11.8 Å². The van der Waals surface area contributed by atoms with Gasteiger partial charge in [-0.05, 0) is 50.6 Å². The molecule has 1 fully saturated rings. The summed E-state index contributed by atoms with van der Waals surface area (Å²) in [7, 11) is 0. The van der Waals surface area contributed by atoms with Gasteiger partial charge in [0, 0.05) is 5.56 Å². The Kier molecular flexibility index (Phi) is 4.52. The molecule has 0 radical (unpaired) electrons. The van der Waals surface area contributed by atoms with E-state index < -0.39 is 5.97 Å². The van der Waals surface area contributed by atoms with Gasteiger partial charge in [0.25, 0.3) is 0 Å². The Morgan fingerprint density at radius 1 is 1.26 bits per heavy atom. The summed E-state index contributed by atoms with van der Waals surface area (Å²) in [6.07, 6.45) is 1.89. The van der Waals surface area contributed by atoms with Crippen LogP contribution in [0.5, 0.6) is 11.5 Å². The first kappa shape index (κ1) is 15.8. The molecule has 0 bridgehead atoms. The molecule has 1 atom stereocenters. The lowest BCUT2D eigenvalue weighted by atomic mass is 9.93. The predicted molar refractivity (Wildman–Crippen MR) is 82.9 cm³/mol. The number of benzene rings is 1. The summed E-state index contributed by atoms with van der Waals surface area (Å²) < 4.78 is 10.6. The van der Waals surface area contributed by atoms with Crippen molar-refractivity contribution in [3.8, 4) is 11.5 Å². The second kappa shape index (κ2) is 6.58. The van der Waals surface area contributed by atoms with Gasteiger partial charge in [-0.3, -0.25) is 14.5 Å². The molecule has 6 heteroatoms. The van der Waals surface area contributed by atoms with Gasteiger partial charge in [-0.2, -0.15) is 0 Å². The third-order valence-corrected chi connectivity index (χ3v) is 4.67. The van der Waals surface area contributed by atoms with Gasteiger partial charge in [-0.1, -0.05) is 6.92 Å². The third kappa shape index (κ3) is 3.17. The second-order valence-electron chi connectivity index (χ2n) is 6.00. The van der Waals surface area contributed by atoms with E-state index in [2.05, 4.69) is 4.90 Å². The fraction of sp³-hybridized carbons (Fsp3) is 0.529. The molecule has 1 aromatic carbocycles. The summed E-state index contributed by atoms with van der Waals surface area (Å²) in [6, 6.07) is 5.05. The number of likely N-dealkylation sites (tertiary alicyclic amines) is 1. The molecule has 1 unspecified atom stereocenters. The molecule has 0 aromatic heterocycles. The Labute approximate surface area is 135 Å². The highest BCUT2D eigenvalue weighted by molar-refractivity contribution is 6.00. The number of rotatable bonds is 5. The Bertz CT molecular complexity index is 607. The van der Waals surface area contributed by atoms with Crippen LogP contribution in [0.15, 0.2) is 18.2 Å². The van der Waals surface area contributed by atoms with Crippen LogP contribution in [0, 0.1) is 5.92 Å². The molecular weight excluding hydrogens is 298 g/mol. The average Bonchev–Trinajstić information content (AvgIpc) is 3.03. The summed E-state index contributed by atoms with van der Waals surface area (Å²) in [6.45, 7) is 3.46.